The lowest BCUT2D eigenvalue weighted by molar-refractivity contribution is 0.597. The zero-order valence-corrected chi connectivity index (χ0v) is 18.6. The van der Waals surface area contributed by atoms with Gasteiger partial charge < -0.3 is 15.6 Å². The molecule has 1 aromatic carbocycles. The van der Waals surface area contributed by atoms with Crippen molar-refractivity contribution in [2.24, 2.45) is 4.99 Å². The van der Waals surface area contributed by atoms with Gasteiger partial charge in [-0.05, 0) is 44.4 Å². The van der Waals surface area contributed by atoms with Crippen molar-refractivity contribution in [1.29, 1.82) is 0 Å². The minimum absolute atomic E-state index is 0. The van der Waals surface area contributed by atoms with E-state index in [9.17, 15) is 0 Å². The summed E-state index contributed by atoms with van der Waals surface area (Å²) < 4.78 is 1.95. The maximum absolute atomic E-state index is 4.72. The molecule has 3 N–H and O–H groups in total. The molecule has 0 spiro atoms. The number of nitrogens with zero attached hydrogens (tertiary/aromatic N) is 3. The van der Waals surface area contributed by atoms with Crippen LogP contribution in [0.15, 0.2) is 41.7 Å². The van der Waals surface area contributed by atoms with Gasteiger partial charge in [0, 0.05) is 42.4 Å². The fourth-order valence-corrected chi connectivity index (χ4v) is 3.16. The van der Waals surface area contributed by atoms with Gasteiger partial charge in [0.1, 0.15) is 0 Å². The molecule has 0 fully saturated rings. The Balaban J connectivity index is 0.00000261. The van der Waals surface area contributed by atoms with Gasteiger partial charge in [-0.2, -0.15) is 5.10 Å². The molecule has 2 heterocycles. The third-order valence-corrected chi connectivity index (χ3v) is 4.40. The van der Waals surface area contributed by atoms with E-state index < -0.39 is 0 Å². The molecule has 0 amide bonds. The number of para-hydroxylation sites is 1. The number of fused-ring (bicyclic) bond motifs is 1. The number of H-pyrrole nitrogens is 1. The Bertz CT molecular complexity index is 880. The number of aromatic amines is 1. The van der Waals surface area contributed by atoms with Crippen molar-refractivity contribution in [3.63, 3.8) is 0 Å². The number of nitrogens with one attached hydrogen (secondary N) is 3. The number of guanidine groups is 1. The van der Waals surface area contributed by atoms with Gasteiger partial charge in [-0.15, -0.1) is 24.0 Å². The van der Waals surface area contributed by atoms with E-state index in [0.717, 1.165) is 38.6 Å². The van der Waals surface area contributed by atoms with Crippen molar-refractivity contribution in [3.8, 4) is 0 Å². The summed E-state index contributed by atoms with van der Waals surface area (Å²) in [6.07, 6.45) is 4.85. The zero-order chi connectivity index (χ0) is 18.4. The van der Waals surface area contributed by atoms with Crippen LogP contribution in [0.25, 0.3) is 10.9 Å². The molecule has 7 heteroatoms. The lowest BCUT2D eigenvalue weighted by atomic mass is 10.1. The number of rotatable bonds is 7. The molecule has 0 unspecified atom stereocenters. The molecular weight excluding hydrogens is 451 g/mol. The summed E-state index contributed by atoms with van der Waals surface area (Å²) in [4.78, 5) is 8.18. The molecule has 0 atom stereocenters. The van der Waals surface area contributed by atoms with Gasteiger partial charge in [0.25, 0.3) is 0 Å². The highest BCUT2D eigenvalue weighted by Gasteiger charge is 2.07. The Morgan fingerprint density at radius 1 is 1.22 bits per heavy atom. The van der Waals surface area contributed by atoms with E-state index >= 15 is 0 Å². The highest BCUT2D eigenvalue weighted by Crippen LogP contribution is 2.22. The highest BCUT2D eigenvalue weighted by atomic mass is 127. The summed E-state index contributed by atoms with van der Waals surface area (Å²) in [5.74, 6) is 0.855. The molecular formula is C20H29IN6. The number of aliphatic imine (C=N–C) groups is 1. The van der Waals surface area contributed by atoms with E-state index in [0.29, 0.717) is 0 Å². The fraction of sp³-hybridized carbons (Fsp3) is 0.400. The number of benzene rings is 1. The van der Waals surface area contributed by atoms with Crippen LogP contribution in [0.4, 0.5) is 0 Å². The molecule has 3 aromatic rings. The van der Waals surface area contributed by atoms with Gasteiger partial charge in [0.2, 0.25) is 0 Å². The normalized spacial score (nSPS) is 11.4. The molecule has 0 aliphatic heterocycles. The van der Waals surface area contributed by atoms with Crippen LogP contribution >= 0.6 is 24.0 Å². The van der Waals surface area contributed by atoms with Gasteiger partial charge in [-0.25, -0.2) is 0 Å². The molecule has 0 saturated carbocycles. The molecule has 0 radical (unpaired) electrons. The topological polar surface area (TPSA) is 70.0 Å². The van der Waals surface area contributed by atoms with Crippen molar-refractivity contribution in [3.05, 3.63) is 53.5 Å². The lowest BCUT2D eigenvalue weighted by Crippen LogP contribution is -2.39. The first-order chi connectivity index (χ1) is 12.7. The van der Waals surface area contributed by atoms with Crippen LogP contribution in [-0.2, 0) is 13.0 Å². The summed E-state index contributed by atoms with van der Waals surface area (Å²) in [6, 6.07) is 8.45. The average molecular weight is 480 g/mol. The fourth-order valence-electron chi connectivity index (χ4n) is 3.16. The predicted molar refractivity (Wildman–Crippen MR) is 123 cm³/mol. The summed E-state index contributed by atoms with van der Waals surface area (Å²) in [5, 5.41) is 12.3. The SMILES string of the molecule is CCNC(=NCCc1c(C)[nH]c2ccccc12)NCCn1cc(C)cn1.I. The molecule has 0 bridgehead atoms. The number of hydrogen-bond acceptors (Lipinski definition) is 2. The molecule has 0 aliphatic carbocycles. The largest absolute Gasteiger partial charge is 0.358 e. The summed E-state index contributed by atoms with van der Waals surface area (Å²) in [5.41, 5.74) is 4.96. The summed E-state index contributed by atoms with van der Waals surface area (Å²) in [7, 11) is 0. The standard InChI is InChI=1S/C20H28N6.HI/c1-4-21-20(23-11-12-26-14-15(2)13-24-26)22-10-9-17-16(3)25-19-8-6-5-7-18(17)19;/h5-8,13-14,25H,4,9-12H2,1-3H3,(H2,21,22,23);1H. The van der Waals surface area contributed by atoms with Crippen LogP contribution in [0.1, 0.15) is 23.7 Å². The molecule has 3 rings (SSSR count). The molecule has 0 aliphatic rings. The van der Waals surface area contributed by atoms with E-state index in [1.54, 1.807) is 0 Å². The van der Waals surface area contributed by atoms with E-state index in [1.165, 1.54) is 27.7 Å². The van der Waals surface area contributed by atoms with Crippen molar-refractivity contribution >= 4 is 40.8 Å². The van der Waals surface area contributed by atoms with Gasteiger partial charge in [-0.3, -0.25) is 9.67 Å². The maximum Gasteiger partial charge on any atom is 0.191 e. The number of aryl methyl sites for hydroxylation is 2. The van der Waals surface area contributed by atoms with E-state index in [1.807, 2.05) is 17.1 Å². The second kappa shape index (κ2) is 10.3. The Morgan fingerprint density at radius 2 is 2.04 bits per heavy atom. The lowest BCUT2D eigenvalue weighted by Gasteiger charge is -2.11. The van der Waals surface area contributed by atoms with Crippen LogP contribution in [0, 0.1) is 13.8 Å². The van der Waals surface area contributed by atoms with Crippen LogP contribution < -0.4 is 10.6 Å². The molecule has 27 heavy (non-hydrogen) atoms. The highest BCUT2D eigenvalue weighted by molar-refractivity contribution is 14.0. The van der Waals surface area contributed by atoms with Gasteiger partial charge in [0.15, 0.2) is 5.96 Å². The Kier molecular flexibility index (Phi) is 8.15. The van der Waals surface area contributed by atoms with Crippen molar-refractivity contribution in [2.45, 2.75) is 33.7 Å². The minimum Gasteiger partial charge on any atom is -0.358 e. The smallest absolute Gasteiger partial charge is 0.191 e. The second-order valence-electron chi connectivity index (χ2n) is 6.49. The van der Waals surface area contributed by atoms with Crippen molar-refractivity contribution in [1.82, 2.24) is 25.4 Å². The van der Waals surface area contributed by atoms with Gasteiger partial charge in [-0.1, -0.05) is 18.2 Å². The Labute approximate surface area is 177 Å². The third-order valence-electron chi connectivity index (χ3n) is 4.40. The van der Waals surface area contributed by atoms with E-state index in [4.69, 9.17) is 4.99 Å². The first-order valence-corrected chi connectivity index (χ1v) is 9.24. The molecule has 6 nitrogen and oxygen atoms in total. The predicted octanol–water partition coefficient (Wildman–Crippen LogP) is 3.40. The maximum atomic E-state index is 4.72. The first kappa shape index (κ1) is 21.3. The van der Waals surface area contributed by atoms with Crippen LogP contribution in [0.2, 0.25) is 0 Å². The van der Waals surface area contributed by atoms with E-state index in [2.05, 4.69) is 65.8 Å². The number of halogens is 1. The Hall–Kier alpha value is -2.03. The van der Waals surface area contributed by atoms with Gasteiger partial charge >= 0.3 is 0 Å². The summed E-state index contributed by atoms with van der Waals surface area (Å²) in [6.45, 7) is 9.47. The number of hydrogen-bond donors (Lipinski definition) is 3. The van der Waals surface area contributed by atoms with E-state index in [-0.39, 0.29) is 24.0 Å². The van der Waals surface area contributed by atoms with Crippen LogP contribution in [0.3, 0.4) is 0 Å². The van der Waals surface area contributed by atoms with Gasteiger partial charge in [0.05, 0.1) is 12.7 Å². The quantitative estimate of drug-likeness (QED) is 0.276. The number of aromatic nitrogens is 3. The second-order valence-corrected chi connectivity index (χ2v) is 6.49. The molecule has 0 saturated heterocycles. The molecule has 146 valence electrons. The third kappa shape index (κ3) is 5.72. The summed E-state index contributed by atoms with van der Waals surface area (Å²) >= 11 is 0. The zero-order valence-electron chi connectivity index (χ0n) is 16.2. The van der Waals surface area contributed by atoms with Crippen LogP contribution in [-0.4, -0.2) is 40.4 Å². The average Bonchev–Trinajstić information content (AvgIpc) is 3.18. The minimum atomic E-state index is 0. The van der Waals surface area contributed by atoms with Crippen molar-refractivity contribution < 1.29 is 0 Å². The van der Waals surface area contributed by atoms with Crippen molar-refractivity contribution in [2.75, 3.05) is 19.6 Å². The monoisotopic (exact) mass is 480 g/mol. The first-order valence-electron chi connectivity index (χ1n) is 9.24. The molecule has 2 aromatic heterocycles. The van der Waals surface area contributed by atoms with Crippen LogP contribution in [0.5, 0.6) is 0 Å². The Morgan fingerprint density at radius 3 is 2.78 bits per heavy atom.